The van der Waals surface area contributed by atoms with Gasteiger partial charge in [0.2, 0.25) is 0 Å². The Balaban J connectivity index is 2.40. The van der Waals surface area contributed by atoms with Crippen molar-refractivity contribution in [2.75, 3.05) is 7.11 Å². The Kier molecular flexibility index (Phi) is 5.10. The minimum absolute atomic E-state index is 0.0297. The molecule has 8 heteroatoms. The molecule has 0 aliphatic carbocycles. The van der Waals surface area contributed by atoms with Crippen molar-refractivity contribution in [3.63, 3.8) is 0 Å². The number of nitrogens with two attached hydrogens (primary N) is 1. The Morgan fingerprint density at radius 1 is 1.12 bits per heavy atom. The lowest BCUT2D eigenvalue weighted by atomic mass is 10.0. The maximum Gasteiger partial charge on any atom is 0.308 e. The van der Waals surface area contributed by atoms with Crippen molar-refractivity contribution in [2.24, 2.45) is 10.9 Å². The zero-order chi connectivity index (χ0) is 17.7. The van der Waals surface area contributed by atoms with E-state index in [1.54, 1.807) is 30.3 Å². The molecule has 2 aromatic rings. The Bertz CT molecular complexity index is 800. The molecule has 0 bridgehead atoms. The molecule has 8 nitrogen and oxygen atoms in total. The minimum atomic E-state index is -0.486. The zero-order valence-electron chi connectivity index (χ0n) is 13.1. The van der Waals surface area contributed by atoms with E-state index in [2.05, 4.69) is 5.10 Å². The Morgan fingerprint density at radius 2 is 1.75 bits per heavy atom. The molecule has 0 aliphatic rings. The first-order chi connectivity index (χ1) is 11.5. The van der Waals surface area contributed by atoms with E-state index in [9.17, 15) is 14.9 Å². The number of nitro groups is 1. The lowest BCUT2D eigenvalue weighted by molar-refractivity contribution is -0.384. The van der Waals surface area contributed by atoms with Crippen molar-refractivity contribution < 1.29 is 19.2 Å². The second-order valence-corrected chi connectivity index (χ2v) is 4.74. The van der Waals surface area contributed by atoms with Gasteiger partial charge in [-0.1, -0.05) is 0 Å². The van der Waals surface area contributed by atoms with Crippen molar-refractivity contribution in [1.29, 1.82) is 0 Å². The highest BCUT2D eigenvalue weighted by molar-refractivity contribution is 6.13. The molecular formula is C16H15N3O5. The standard InChI is InChI=1S/C16H15N3O5/c1-10(20)24-14-8-5-12(9-15(14)23-2)16(18-17)11-3-6-13(7-4-11)19(21)22/h3-9H,17H2,1-2H3/b18-16-. The molecular weight excluding hydrogens is 314 g/mol. The largest absolute Gasteiger partial charge is 0.493 e. The van der Waals surface area contributed by atoms with Gasteiger partial charge in [-0.25, -0.2) is 0 Å². The van der Waals surface area contributed by atoms with Crippen LogP contribution in [0.25, 0.3) is 0 Å². The summed E-state index contributed by atoms with van der Waals surface area (Å²) in [5.74, 6) is 5.62. The Hall–Kier alpha value is -3.42. The number of methoxy groups -OCH3 is 1. The topological polar surface area (TPSA) is 117 Å². The van der Waals surface area contributed by atoms with E-state index in [1.165, 1.54) is 26.2 Å². The molecule has 0 heterocycles. The molecule has 0 spiro atoms. The molecule has 0 radical (unpaired) electrons. The first kappa shape index (κ1) is 16.9. The Labute approximate surface area is 137 Å². The van der Waals surface area contributed by atoms with Crippen molar-refractivity contribution in [3.8, 4) is 11.5 Å². The number of hydrogen-bond acceptors (Lipinski definition) is 7. The average molecular weight is 329 g/mol. The van der Waals surface area contributed by atoms with Crippen molar-refractivity contribution in [1.82, 2.24) is 0 Å². The van der Waals surface area contributed by atoms with E-state index in [0.29, 0.717) is 22.6 Å². The molecule has 0 aromatic heterocycles. The molecule has 24 heavy (non-hydrogen) atoms. The van der Waals surface area contributed by atoms with Crippen molar-refractivity contribution in [3.05, 3.63) is 63.7 Å². The van der Waals surface area contributed by atoms with Gasteiger partial charge < -0.3 is 15.3 Å². The van der Waals surface area contributed by atoms with Gasteiger partial charge in [0.1, 0.15) is 0 Å². The number of esters is 1. The van der Waals surface area contributed by atoms with E-state index in [1.807, 2.05) is 0 Å². The number of nitrogens with zero attached hydrogens (tertiary/aromatic N) is 2. The normalized spacial score (nSPS) is 11.0. The first-order valence-electron chi connectivity index (χ1n) is 6.85. The highest BCUT2D eigenvalue weighted by Gasteiger charge is 2.14. The van der Waals surface area contributed by atoms with Crippen LogP contribution in [0.4, 0.5) is 5.69 Å². The number of hydrazone groups is 1. The van der Waals surface area contributed by atoms with Gasteiger partial charge in [-0.2, -0.15) is 5.10 Å². The van der Waals surface area contributed by atoms with E-state index < -0.39 is 10.9 Å². The summed E-state index contributed by atoms with van der Waals surface area (Å²) >= 11 is 0. The van der Waals surface area contributed by atoms with Gasteiger partial charge in [0.05, 0.1) is 17.7 Å². The van der Waals surface area contributed by atoms with Crippen LogP contribution in [-0.4, -0.2) is 23.7 Å². The lowest BCUT2D eigenvalue weighted by Crippen LogP contribution is -2.08. The fraction of sp³-hybridized carbons (Fsp3) is 0.125. The summed E-state index contributed by atoms with van der Waals surface area (Å²) in [5.41, 5.74) is 1.60. The maximum atomic E-state index is 11.1. The molecule has 0 saturated carbocycles. The fourth-order valence-corrected chi connectivity index (χ4v) is 2.11. The SMILES string of the molecule is COc1cc(/C(=N\N)c2ccc([N+](=O)[O-])cc2)ccc1OC(C)=O. The lowest BCUT2D eigenvalue weighted by Gasteiger charge is -2.11. The number of carbonyl (C=O) groups excluding carboxylic acids is 1. The summed E-state index contributed by atoms with van der Waals surface area (Å²) in [7, 11) is 1.44. The summed E-state index contributed by atoms with van der Waals surface area (Å²) < 4.78 is 10.2. The fourth-order valence-electron chi connectivity index (χ4n) is 2.11. The van der Waals surface area contributed by atoms with E-state index >= 15 is 0 Å². The molecule has 124 valence electrons. The molecule has 0 aliphatic heterocycles. The monoisotopic (exact) mass is 329 g/mol. The Morgan fingerprint density at radius 3 is 2.25 bits per heavy atom. The summed E-state index contributed by atoms with van der Waals surface area (Å²) in [4.78, 5) is 21.3. The van der Waals surface area contributed by atoms with E-state index in [4.69, 9.17) is 15.3 Å². The van der Waals surface area contributed by atoms with Crippen LogP contribution in [0.3, 0.4) is 0 Å². The molecule has 2 N–H and O–H groups in total. The number of rotatable bonds is 5. The number of nitro benzene ring substituents is 1. The molecule has 0 amide bonds. The van der Waals surface area contributed by atoms with Crippen LogP contribution < -0.4 is 15.3 Å². The van der Waals surface area contributed by atoms with Crippen LogP contribution in [0.2, 0.25) is 0 Å². The van der Waals surface area contributed by atoms with Crippen LogP contribution >= 0.6 is 0 Å². The number of non-ortho nitro benzene ring substituents is 1. The molecule has 0 saturated heterocycles. The van der Waals surface area contributed by atoms with Crippen LogP contribution in [0.15, 0.2) is 47.6 Å². The summed E-state index contributed by atoms with van der Waals surface area (Å²) in [6, 6.07) is 10.7. The predicted molar refractivity (Wildman–Crippen MR) is 87.2 cm³/mol. The first-order valence-corrected chi connectivity index (χ1v) is 6.85. The molecule has 2 aromatic carbocycles. The van der Waals surface area contributed by atoms with Crippen LogP contribution in [0.5, 0.6) is 11.5 Å². The highest BCUT2D eigenvalue weighted by atomic mass is 16.6. The predicted octanol–water partition coefficient (Wildman–Crippen LogP) is 2.24. The minimum Gasteiger partial charge on any atom is -0.493 e. The third kappa shape index (κ3) is 3.67. The molecule has 0 fully saturated rings. The van der Waals surface area contributed by atoms with Gasteiger partial charge in [0, 0.05) is 30.2 Å². The van der Waals surface area contributed by atoms with Crippen LogP contribution in [0.1, 0.15) is 18.1 Å². The van der Waals surface area contributed by atoms with E-state index in [-0.39, 0.29) is 11.4 Å². The summed E-state index contributed by atoms with van der Waals surface area (Å²) in [6.07, 6.45) is 0. The van der Waals surface area contributed by atoms with Gasteiger partial charge in [-0.15, -0.1) is 0 Å². The second kappa shape index (κ2) is 7.23. The molecule has 2 rings (SSSR count). The highest BCUT2D eigenvalue weighted by Crippen LogP contribution is 2.29. The summed E-state index contributed by atoms with van der Waals surface area (Å²) in [6.45, 7) is 1.29. The van der Waals surface area contributed by atoms with Crippen LogP contribution in [-0.2, 0) is 4.79 Å². The van der Waals surface area contributed by atoms with Crippen molar-refractivity contribution in [2.45, 2.75) is 6.92 Å². The van der Waals surface area contributed by atoms with Crippen molar-refractivity contribution >= 4 is 17.4 Å². The smallest absolute Gasteiger partial charge is 0.308 e. The molecule has 0 unspecified atom stereocenters. The number of ether oxygens (including phenoxy) is 2. The van der Waals surface area contributed by atoms with Gasteiger partial charge in [0.15, 0.2) is 11.5 Å². The van der Waals surface area contributed by atoms with Gasteiger partial charge in [-0.3, -0.25) is 14.9 Å². The van der Waals surface area contributed by atoms with Gasteiger partial charge in [-0.05, 0) is 30.3 Å². The van der Waals surface area contributed by atoms with E-state index in [0.717, 1.165) is 0 Å². The quantitative estimate of drug-likeness (QED) is 0.224. The third-order valence-electron chi connectivity index (χ3n) is 3.17. The van der Waals surface area contributed by atoms with Gasteiger partial charge >= 0.3 is 5.97 Å². The number of carbonyl (C=O) groups is 1. The third-order valence-corrected chi connectivity index (χ3v) is 3.17. The molecule has 0 atom stereocenters. The zero-order valence-corrected chi connectivity index (χ0v) is 13.1. The summed E-state index contributed by atoms with van der Waals surface area (Å²) in [5, 5.41) is 14.5. The maximum absolute atomic E-state index is 11.1. The van der Waals surface area contributed by atoms with Gasteiger partial charge in [0.25, 0.3) is 5.69 Å². The number of benzene rings is 2. The van der Waals surface area contributed by atoms with Crippen LogP contribution in [0, 0.1) is 10.1 Å². The average Bonchev–Trinajstić information content (AvgIpc) is 2.56. The second-order valence-electron chi connectivity index (χ2n) is 4.74. The number of hydrogen-bond donors (Lipinski definition) is 1.